The van der Waals surface area contributed by atoms with E-state index >= 15 is 0 Å². The van der Waals surface area contributed by atoms with E-state index in [0.717, 1.165) is 30.9 Å². The first kappa shape index (κ1) is 23.2. The number of rotatable bonds is 9. The summed E-state index contributed by atoms with van der Waals surface area (Å²) in [6, 6.07) is 7.10. The maximum Gasteiger partial charge on any atom is 0.251 e. The fraction of sp³-hybridized carbons (Fsp3) is 0.478. The molecule has 0 unspecified atom stereocenters. The summed E-state index contributed by atoms with van der Waals surface area (Å²) < 4.78 is 16.6. The van der Waals surface area contributed by atoms with Gasteiger partial charge in [-0.1, -0.05) is 31.5 Å². The van der Waals surface area contributed by atoms with Gasteiger partial charge in [0.15, 0.2) is 11.5 Å². The molecule has 1 aromatic carbocycles. The third-order valence-electron chi connectivity index (χ3n) is 5.05. The molecule has 7 nitrogen and oxygen atoms in total. The average Bonchev–Trinajstić information content (AvgIpc) is 2.78. The number of halogens is 1. The third kappa shape index (κ3) is 6.24. The molecule has 168 valence electrons. The quantitative estimate of drug-likeness (QED) is 0.627. The van der Waals surface area contributed by atoms with E-state index in [0.29, 0.717) is 54.4 Å². The predicted octanol–water partition coefficient (Wildman–Crippen LogP) is 3.94. The number of morpholine rings is 1. The van der Waals surface area contributed by atoms with Crippen molar-refractivity contribution in [3.8, 4) is 11.5 Å². The molecule has 1 N–H and O–H groups in total. The SMILES string of the molecule is COc1cc(C(=O)NCc2cccnc2N2CCOCC2)cc(Cl)c1OCCC(C)C. The molecule has 0 spiro atoms. The number of nitrogens with one attached hydrogen (secondary N) is 1. The van der Waals surface area contributed by atoms with E-state index in [-0.39, 0.29) is 5.91 Å². The van der Waals surface area contributed by atoms with Gasteiger partial charge in [0.05, 0.1) is 32.0 Å². The standard InChI is InChI=1S/C23H30ClN3O4/c1-16(2)6-10-31-21-19(24)13-18(14-20(21)29-3)23(28)26-15-17-5-4-7-25-22(17)27-8-11-30-12-9-27/h4-5,7,13-14,16H,6,8-12,15H2,1-3H3,(H,26,28). The Balaban J connectivity index is 1.69. The van der Waals surface area contributed by atoms with Crippen LogP contribution in [-0.2, 0) is 11.3 Å². The van der Waals surface area contributed by atoms with E-state index in [2.05, 4.69) is 29.0 Å². The van der Waals surface area contributed by atoms with Crippen LogP contribution in [0.4, 0.5) is 5.82 Å². The Bertz CT molecular complexity index is 885. The van der Waals surface area contributed by atoms with Crippen LogP contribution in [0.15, 0.2) is 30.5 Å². The number of methoxy groups -OCH3 is 1. The summed E-state index contributed by atoms with van der Waals surface area (Å²) in [6.45, 7) is 8.05. The highest BCUT2D eigenvalue weighted by Gasteiger charge is 2.18. The number of amides is 1. The zero-order valence-corrected chi connectivity index (χ0v) is 19.1. The first-order valence-corrected chi connectivity index (χ1v) is 10.9. The minimum atomic E-state index is -0.245. The Kier molecular flexibility index (Phi) is 8.37. The van der Waals surface area contributed by atoms with Crippen molar-refractivity contribution in [2.24, 2.45) is 5.92 Å². The summed E-state index contributed by atoms with van der Waals surface area (Å²) in [6.07, 6.45) is 2.66. The van der Waals surface area contributed by atoms with Gasteiger partial charge in [-0.3, -0.25) is 4.79 Å². The molecule has 1 aromatic heterocycles. The lowest BCUT2D eigenvalue weighted by Gasteiger charge is -2.29. The maximum absolute atomic E-state index is 12.8. The molecular weight excluding hydrogens is 418 g/mol. The highest BCUT2D eigenvalue weighted by atomic mass is 35.5. The Hall–Kier alpha value is -2.51. The van der Waals surface area contributed by atoms with Gasteiger partial charge in [0.1, 0.15) is 5.82 Å². The van der Waals surface area contributed by atoms with Crippen LogP contribution in [0.3, 0.4) is 0 Å². The van der Waals surface area contributed by atoms with Crippen molar-refractivity contribution >= 4 is 23.3 Å². The van der Waals surface area contributed by atoms with Crippen molar-refractivity contribution in [2.45, 2.75) is 26.8 Å². The van der Waals surface area contributed by atoms with Gasteiger partial charge >= 0.3 is 0 Å². The van der Waals surface area contributed by atoms with Crippen molar-refractivity contribution in [3.05, 3.63) is 46.6 Å². The number of hydrogen-bond acceptors (Lipinski definition) is 6. The van der Waals surface area contributed by atoms with E-state index in [4.69, 9.17) is 25.8 Å². The van der Waals surface area contributed by atoms with Gasteiger partial charge in [0.25, 0.3) is 5.91 Å². The van der Waals surface area contributed by atoms with Crippen LogP contribution in [0, 0.1) is 5.92 Å². The molecule has 1 aliphatic heterocycles. The zero-order chi connectivity index (χ0) is 22.2. The molecule has 8 heteroatoms. The normalized spacial score (nSPS) is 13.9. The van der Waals surface area contributed by atoms with E-state index in [1.165, 1.54) is 7.11 Å². The number of aromatic nitrogens is 1. The summed E-state index contributed by atoms with van der Waals surface area (Å²) in [5.74, 6) is 2.05. The van der Waals surface area contributed by atoms with Gasteiger partial charge in [0, 0.05) is 37.0 Å². The molecule has 31 heavy (non-hydrogen) atoms. The van der Waals surface area contributed by atoms with Crippen LogP contribution in [0.1, 0.15) is 36.2 Å². The highest BCUT2D eigenvalue weighted by Crippen LogP contribution is 2.36. The summed E-state index contributed by atoms with van der Waals surface area (Å²) in [7, 11) is 1.53. The molecular formula is C23H30ClN3O4. The molecule has 1 amide bonds. The second-order valence-electron chi connectivity index (χ2n) is 7.79. The third-order valence-corrected chi connectivity index (χ3v) is 5.33. The van der Waals surface area contributed by atoms with Crippen LogP contribution < -0.4 is 19.7 Å². The first-order chi connectivity index (χ1) is 15.0. The lowest BCUT2D eigenvalue weighted by Crippen LogP contribution is -2.37. The van der Waals surface area contributed by atoms with Gasteiger partial charge in [-0.2, -0.15) is 0 Å². The topological polar surface area (TPSA) is 72.9 Å². The smallest absolute Gasteiger partial charge is 0.251 e. The lowest BCUT2D eigenvalue weighted by molar-refractivity contribution is 0.0950. The van der Waals surface area contributed by atoms with Crippen molar-refractivity contribution in [3.63, 3.8) is 0 Å². The average molecular weight is 448 g/mol. The molecule has 2 heterocycles. The van der Waals surface area contributed by atoms with E-state index < -0.39 is 0 Å². The molecule has 2 aromatic rings. The molecule has 0 atom stereocenters. The van der Waals surface area contributed by atoms with Crippen molar-refractivity contribution < 1.29 is 19.0 Å². The molecule has 1 fully saturated rings. The van der Waals surface area contributed by atoms with Gasteiger partial charge in [-0.15, -0.1) is 0 Å². The molecule has 1 saturated heterocycles. The Labute approximate surface area is 188 Å². The zero-order valence-electron chi connectivity index (χ0n) is 18.3. The van der Waals surface area contributed by atoms with E-state index in [1.54, 1.807) is 18.3 Å². The van der Waals surface area contributed by atoms with Crippen LogP contribution in [0.5, 0.6) is 11.5 Å². The molecule has 1 aliphatic rings. The summed E-state index contributed by atoms with van der Waals surface area (Å²) in [4.78, 5) is 19.5. The van der Waals surface area contributed by atoms with Gasteiger partial charge in [0.2, 0.25) is 0 Å². The first-order valence-electron chi connectivity index (χ1n) is 10.5. The van der Waals surface area contributed by atoms with Gasteiger partial charge in [-0.25, -0.2) is 4.98 Å². The second-order valence-corrected chi connectivity index (χ2v) is 8.20. The van der Waals surface area contributed by atoms with Crippen molar-refractivity contribution in [1.82, 2.24) is 10.3 Å². The van der Waals surface area contributed by atoms with Crippen LogP contribution in [0.25, 0.3) is 0 Å². The molecule has 0 saturated carbocycles. The fourth-order valence-corrected chi connectivity index (χ4v) is 3.56. The summed E-state index contributed by atoms with van der Waals surface area (Å²) in [5, 5.41) is 3.31. The number of carbonyl (C=O) groups excluding carboxylic acids is 1. The number of pyridine rings is 1. The van der Waals surface area contributed by atoms with Crippen molar-refractivity contribution in [2.75, 3.05) is 44.9 Å². The Morgan fingerprint density at radius 2 is 2.10 bits per heavy atom. The van der Waals surface area contributed by atoms with Crippen LogP contribution in [0.2, 0.25) is 5.02 Å². The monoisotopic (exact) mass is 447 g/mol. The number of benzene rings is 1. The van der Waals surface area contributed by atoms with E-state index in [1.807, 2.05) is 12.1 Å². The van der Waals surface area contributed by atoms with Crippen molar-refractivity contribution in [1.29, 1.82) is 0 Å². The molecule has 0 radical (unpaired) electrons. The largest absolute Gasteiger partial charge is 0.493 e. The Morgan fingerprint density at radius 3 is 2.81 bits per heavy atom. The fourth-order valence-electron chi connectivity index (χ4n) is 3.29. The number of anilines is 1. The van der Waals surface area contributed by atoms with Crippen LogP contribution >= 0.6 is 11.6 Å². The minimum Gasteiger partial charge on any atom is -0.493 e. The number of carbonyl (C=O) groups is 1. The highest BCUT2D eigenvalue weighted by molar-refractivity contribution is 6.32. The summed E-state index contributed by atoms with van der Waals surface area (Å²) in [5.41, 5.74) is 1.36. The second kappa shape index (κ2) is 11.2. The summed E-state index contributed by atoms with van der Waals surface area (Å²) >= 11 is 6.40. The molecule has 3 rings (SSSR count). The number of nitrogens with zero attached hydrogens (tertiary/aromatic N) is 2. The molecule has 0 bridgehead atoms. The predicted molar refractivity (Wildman–Crippen MR) is 121 cm³/mol. The molecule has 0 aliphatic carbocycles. The van der Waals surface area contributed by atoms with Gasteiger partial charge < -0.3 is 24.4 Å². The number of ether oxygens (including phenoxy) is 3. The van der Waals surface area contributed by atoms with E-state index in [9.17, 15) is 4.79 Å². The lowest BCUT2D eigenvalue weighted by atomic mass is 10.1. The van der Waals surface area contributed by atoms with Crippen LogP contribution in [-0.4, -0.2) is 50.9 Å². The van der Waals surface area contributed by atoms with Gasteiger partial charge in [-0.05, 0) is 30.5 Å². The maximum atomic E-state index is 12.8. The minimum absolute atomic E-state index is 0.245. The Morgan fingerprint density at radius 1 is 1.32 bits per heavy atom. The number of hydrogen-bond donors (Lipinski definition) is 1.